The van der Waals surface area contributed by atoms with Crippen LogP contribution in [0, 0.1) is 0 Å². The van der Waals surface area contributed by atoms with Gasteiger partial charge >= 0.3 is 6.18 Å². The van der Waals surface area contributed by atoms with Crippen LogP contribution >= 0.6 is 23.2 Å². The quantitative estimate of drug-likeness (QED) is 0.579. The first-order valence-corrected chi connectivity index (χ1v) is 9.22. The highest BCUT2D eigenvalue weighted by Gasteiger charge is 2.36. The lowest BCUT2D eigenvalue weighted by molar-refractivity contribution is -0.142. The van der Waals surface area contributed by atoms with Crippen molar-refractivity contribution in [2.75, 3.05) is 13.1 Å². The number of carbonyl (C=O) groups is 1. The molecule has 3 heterocycles. The summed E-state index contributed by atoms with van der Waals surface area (Å²) in [6.07, 6.45) is -2.95. The Kier molecular flexibility index (Phi) is 4.71. The molecule has 0 aliphatic carbocycles. The molecule has 0 N–H and O–H groups in total. The van der Waals surface area contributed by atoms with Crippen molar-refractivity contribution >= 4 is 34.8 Å². The van der Waals surface area contributed by atoms with Crippen LogP contribution in [0.25, 0.3) is 16.9 Å². The van der Waals surface area contributed by atoms with Gasteiger partial charge in [0.1, 0.15) is 0 Å². The second-order valence-corrected chi connectivity index (χ2v) is 7.27. The minimum Gasteiger partial charge on any atom is -0.337 e. The largest absolute Gasteiger partial charge is 0.433 e. The highest BCUT2D eigenvalue weighted by atomic mass is 35.5. The molecule has 0 radical (unpaired) electrons. The molecular formula is C18H13Cl2F3N4O. The smallest absolute Gasteiger partial charge is 0.337 e. The molecule has 28 heavy (non-hydrogen) atoms. The second-order valence-electron chi connectivity index (χ2n) is 6.45. The lowest BCUT2D eigenvalue weighted by Crippen LogP contribution is -2.28. The monoisotopic (exact) mass is 428 g/mol. The van der Waals surface area contributed by atoms with Gasteiger partial charge < -0.3 is 4.90 Å². The van der Waals surface area contributed by atoms with Gasteiger partial charge in [-0.2, -0.15) is 18.3 Å². The van der Waals surface area contributed by atoms with Crippen molar-refractivity contribution < 1.29 is 18.0 Å². The van der Waals surface area contributed by atoms with Crippen LogP contribution < -0.4 is 0 Å². The van der Waals surface area contributed by atoms with E-state index < -0.39 is 17.8 Å². The Bertz CT molecular complexity index is 1070. The number of halogens is 5. The number of hydrogen-bond acceptors (Lipinski definition) is 3. The fourth-order valence-corrected chi connectivity index (χ4v) is 3.46. The molecule has 1 saturated heterocycles. The lowest BCUT2D eigenvalue weighted by Gasteiger charge is -2.13. The van der Waals surface area contributed by atoms with Gasteiger partial charge in [-0.3, -0.25) is 4.79 Å². The van der Waals surface area contributed by atoms with Gasteiger partial charge in [-0.1, -0.05) is 29.3 Å². The molecule has 0 spiro atoms. The van der Waals surface area contributed by atoms with Crippen LogP contribution in [0.5, 0.6) is 0 Å². The molecule has 0 atom stereocenters. The van der Waals surface area contributed by atoms with E-state index >= 15 is 0 Å². The van der Waals surface area contributed by atoms with Crippen molar-refractivity contribution in [3.63, 3.8) is 0 Å². The van der Waals surface area contributed by atoms with Gasteiger partial charge in [0.2, 0.25) is 0 Å². The maximum Gasteiger partial charge on any atom is 0.433 e. The average molecular weight is 429 g/mol. The minimum absolute atomic E-state index is 0.0541. The molecule has 3 aromatic rings. The van der Waals surface area contributed by atoms with E-state index in [0.29, 0.717) is 23.2 Å². The molecule has 1 aromatic carbocycles. The highest BCUT2D eigenvalue weighted by Crippen LogP contribution is 2.34. The van der Waals surface area contributed by atoms with Crippen molar-refractivity contribution in [2.45, 2.75) is 19.0 Å². The van der Waals surface area contributed by atoms with Crippen LogP contribution in [0.2, 0.25) is 10.0 Å². The Labute approximate surface area is 167 Å². The standard InChI is InChI=1S/C18H13Cl2F3N4O/c19-11-4-3-10(7-12(11)20)13-8-15(18(21,22)23)27-16(24-13)9-14(25-27)17(28)26-5-1-2-6-26/h3-4,7-9H,1-2,5-6H2. The zero-order valence-electron chi connectivity index (χ0n) is 14.3. The van der Waals surface area contributed by atoms with Crippen LogP contribution in [-0.2, 0) is 6.18 Å². The third-order valence-corrected chi connectivity index (χ3v) is 5.28. The van der Waals surface area contributed by atoms with E-state index in [4.69, 9.17) is 23.2 Å². The first kappa shape index (κ1) is 19.0. The van der Waals surface area contributed by atoms with Gasteiger partial charge in [0, 0.05) is 24.7 Å². The first-order chi connectivity index (χ1) is 13.2. The Morgan fingerprint density at radius 2 is 1.75 bits per heavy atom. The van der Waals surface area contributed by atoms with E-state index in [2.05, 4.69) is 10.1 Å². The topological polar surface area (TPSA) is 50.5 Å². The molecule has 0 unspecified atom stereocenters. The van der Waals surface area contributed by atoms with E-state index in [1.165, 1.54) is 24.3 Å². The summed E-state index contributed by atoms with van der Waals surface area (Å²) in [5.74, 6) is -0.396. The number of likely N-dealkylation sites (tertiary alicyclic amines) is 1. The number of rotatable bonds is 2. The third-order valence-electron chi connectivity index (χ3n) is 4.55. The van der Waals surface area contributed by atoms with Crippen molar-refractivity contribution in [2.24, 2.45) is 0 Å². The molecule has 10 heteroatoms. The molecular weight excluding hydrogens is 416 g/mol. The summed E-state index contributed by atoms with van der Waals surface area (Å²) in [5, 5.41) is 4.37. The number of carbonyl (C=O) groups excluding carboxylic acids is 1. The van der Waals surface area contributed by atoms with E-state index in [9.17, 15) is 18.0 Å². The zero-order valence-corrected chi connectivity index (χ0v) is 15.8. The summed E-state index contributed by atoms with van der Waals surface area (Å²) in [4.78, 5) is 18.3. The summed E-state index contributed by atoms with van der Waals surface area (Å²) in [5.41, 5.74) is -0.738. The van der Waals surface area contributed by atoms with E-state index in [1.54, 1.807) is 4.90 Å². The number of hydrogen-bond donors (Lipinski definition) is 0. The number of alkyl halides is 3. The first-order valence-electron chi connectivity index (χ1n) is 8.47. The summed E-state index contributed by atoms with van der Waals surface area (Å²) >= 11 is 11.9. The number of aromatic nitrogens is 3. The molecule has 1 fully saturated rings. The van der Waals surface area contributed by atoms with Crippen LogP contribution in [0.15, 0.2) is 30.3 Å². The van der Waals surface area contributed by atoms with Gasteiger partial charge in [-0.05, 0) is 31.0 Å². The van der Waals surface area contributed by atoms with Crippen molar-refractivity contribution in [1.29, 1.82) is 0 Å². The predicted molar refractivity (Wildman–Crippen MR) is 98.6 cm³/mol. The molecule has 1 amide bonds. The Hall–Kier alpha value is -2.32. The normalized spacial score (nSPS) is 14.8. The molecule has 1 aliphatic heterocycles. The summed E-state index contributed by atoms with van der Waals surface area (Å²) < 4.78 is 41.6. The Balaban J connectivity index is 1.86. The molecule has 0 saturated carbocycles. The van der Waals surface area contributed by atoms with Crippen LogP contribution in [0.1, 0.15) is 29.0 Å². The van der Waals surface area contributed by atoms with E-state index in [-0.39, 0.29) is 27.1 Å². The molecule has 5 nitrogen and oxygen atoms in total. The van der Waals surface area contributed by atoms with Gasteiger partial charge in [0.25, 0.3) is 5.91 Å². The number of fused-ring (bicyclic) bond motifs is 1. The van der Waals surface area contributed by atoms with Crippen LogP contribution in [0.4, 0.5) is 13.2 Å². The second kappa shape index (κ2) is 6.93. The van der Waals surface area contributed by atoms with Gasteiger partial charge in [-0.15, -0.1) is 0 Å². The Morgan fingerprint density at radius 3 is 2.39 bits per heavy atom. The van der Waals surface area contributed by atoms with Gasteiger partial charge in [0.15, 0.2) is 17.0 Å². The van der Waals surface area contributed by atoms with Crippen LogP contribution in [-0.4, -0.2) is 38.5 Å². The zero-order chi connectivity index (χ0) is 20.1. The summed E-state index contributed by atoms with van der Waals surface area (Å²) in [7, 11) is 0. The Morgan fingerprint density at radius 1 is 1.04 bits per heavy atom. The number of benzene rings is 1. The van der Waals surface area contributed by atoms with E-state index in [1.807, 2.05) is 0 Å². The molecule has 2 aromatic heterocycles. The van der Waals surface area contributed by atoms with Crippen LogP contribution in [0.3, 0.4) is 0 Å². The average Bonchev–Trinajstić information content (AvgIpc) is 3.31. The SMILES string of the molecule is O=C(c1cc2nc(-c3ccc(Cl)c(Cl)c3)cc(C(F)(F)F)n2n1)N1CCCC1. The lowest BCUT2D eigenvalue weighted by atomic mass is 10.1. The molecule has 0 bridgehead atoms. The third kappa shape index (κ3) is 3.42. The number of nitrogens with zero attached hydrogens (tertiary/aromatic N) is 4. The van der Waals surface area contributed by atoms with Crippen molar-refractivity contribution in [1.82, 2.24) is 19.5 Å². The molecule has 4 rings (SSSR count). The van der Waals surface area contributed by atoms with E-state index in [0.717, 1.165) is 18.9 Å². The molecule has 146 valence electrons. The van der Waals surface area contributed by atoms with Gasteiger partial charge in [0.05, 0.1) is 15.7 Å². The fourth-order valence-electron chi connectivity index (χ4n) is 3.17. The number of amides is 1. The summed E-state index contributed by atoms with van der Waals surface area (Å²) in [6, 6.07) is 6.60. The minimum atomic E-state index is -4.69. The highest BCUT2D eigenvalue weighted by molar-refractivity contribution is 6.42. The molecule has 1 aliphatic rings. The van der Waals surface area contributed by atoms with Crippen molar-refractivity contribution in [3.8, 4) is 11.3 Å². The summed E-state index contributed by atoms with van der Waals surface area (Å²) in [6.45, 7) is 1.14. The predicted octanol–water partition coefficient (Wildman–Crippen LogP) is 4.96. The van der Waals surface area contributed by atoms with Gasteiger partial charge in [-0.25, -0.2) is 9.50 Å². The fraction of sp³-hybridized carbons (Fsp3) is 0.278. The maximum absolute atomic E-state index is 13.6. The maximum atomic E-state index is 13.6. The van der Waals surface area contributed by atoms with Crippen molar-refractivity contribution in [3.05, 3.63) is 51.8 Å².